The lowest BCUT2D eigenvalue weighted by Crippen LogP contribution is -2.44. The molecule has 1 N–H and O–H groups in total. The van der Waals surface area contributed by atoms with E-state index in [1.165, 1.54) is 0 Å². The Labute approximate surface area is 83.7 Å². The standard InChI is InChI=1S/C9H16ClNO2/c1-7(5-10)9(13)11-4-2-3-8(12)6-11/h7-8,12H,2-6H2,1H3/t7?,8-/m0/s1. The van der Waals surface area contributed by atoms with Gasteiger partial charge in [-0.05, 0) is 12.8 Å². The highest BCUT2D eigenvalue weighted by Gasteiger charge is 2.24. The number of rotatable bonds is 2. The average molecular weight is 206 g/mol. The topological polar surface area (TPSA) is 40.5 Å². The van der Waals surface area contributed by atoms with Crippen molar-refractivity contribution in [3.8, 4) is 0 Å². The molecule has 13 heavy (non-hydrogen) atoms. The summed E-state index contributed by atoms with van der Waals surface area (Å²) in [5.74, 6) is 0.284. The molecule has 1 saturated heterocycles. The minimum absolute atomic E-state index is 0.0637. The fourth-order valence-electron chi connectivity index (χ4n) is 1.53. The Morgan fingerprint density at radius 1 is 1.77 bits per heavy atom. The molecule has 2 atom stereocenters. The van der Waals surface area contributed by atoms with Gasteiger partial charge in [0.1, 0.15) is 0 Å². The van der Waals surface area contributed by atoms with E-state index < -0.39 is 0 Å². The summed E-state index contributed by atoms with van der Waals surface area (Å²) in [4.78, 5) is 13.3. The van der Waals surface area contributed by atoms with Gasteiger partial charge in [0, 0.05) is 24.9 Å². The van der Waals surface area contributed by atoms with E-state index >= 15 is 0 Å². The van der Waals surface area contributed by atoms with Crippen molar-refractivity contribution in [2.24, 2.45) is 5.92 Å². The van der Waals surface area contributed by atoms with Crippen LogP contribution < -0.4 is 0 Å². The van der Waals surface area contributed by atoms with E-state index in [0.717, 1.165) is 19.4 Å². The van der Waals surface area contributed by atoms with Crippen LogP contribution in [0.15, 0.2) is 0 Å². The molecule has 1 unspecified atom stereocenters. The minimum atomic E-state index is -0.347. The molecular formula is C9H16ClNO2. The summed E-state index contributed by atoms with van der Waals surface area (Å²) in [6.45, 7) is 3.05. The van der Waals surface area contributed by atoms with Gasteiger partial charge < -0.3 is 10.0 Å². The fourth-order valence-corrected chi connectivity index (χ4v) is 1.66. The molecule has 0 saturated carbocycles. The van der Waals surface area contributed by atoms with Gasteiger partial charge in [-0.15, -0.1) is 11.6 Å². The maximum absolute atomic E-state index is 11.6. The molecule has 0 aliphatic carbocycles. The molecule has 1 fully saturated rings. The Kier molecular flexibility index (Phi) is 4.00. The van der Waals surface area contributed by atoms with Crippen LogP contribution in [-0.4, -0.2) is 41.0 Å². The summed E-state index contributed by atoms with van der Waals surface area (Å²) in [5, 5.41) is 9.36. The molecule has 1 heterocycles. The van der Waals surface area contributed by atoms with Crippen molar-refractivity contribution < 1.29 is 9.90 Å². The zero-order valence-corrected chi connectivity index (χ0v) is 8.63. The van der Waals surface area contributed by atoms with Crippen LogP contribution in [0.25, 0.3) is 0 Å². The van der Waals surface area contributed by atoms with E-state index in [2.05, 4.69) is 0 Å². The zero-order chi connectivity index (χ0) is 9.84. The van der Waals surface area contributed by atoms with Crippen LogP contribution in [0.3, 0.4) is 0 Å². The van der Waals surface area contributed by atoms with Gasteiger partial charge >= 0.3 is 0 Å². The number of β-amino-alcohol motifs (C(OH)–C–C–N with tert-alkyl or cyclic N) is 1. The number of nitrogens with zero attached hydrogens (tertiary/aromatic N) is 1. The van der Waals surface area contributed by atoms with Crippen LogP contribution in [0.4, 0.5) is 0 Å². The molecule has 3 nitrogen and oxygen atoms in total. The van der Waals surface area contributed by atoms with Crippen LogP contribution in [0.2, 0.25) is 0 Å². The predicted molar refractivity (Wildman–Crippen MR) is 51.7 cm³/mol. The molecule has 0 spiro atoms. The zero-order valence-electron chi connectivity index (χ0n) is 7.87. The SMILES string of the molecule is CC(CCl)C(=O)N1CCC[C@H](O)C1. The van der Waals surface area contributed by atoms with Gasteiger partial charge in [-0.2, -0.15) is 0 Å². The number of piperidine rings is 1. The second-order valence-electron chi connectivity index (χ2n) is 3.64. The number of aliphatic hydroxyl groups excluding tert-OH is 1. The Morgan fingerprint density at radius 3 is 3.00 bits per heavy atom. The third kappa shape index (κ3) is 2.85. The molecule has 1 rings (SSSR count). The summed E-state index contributed by atoms with van der Waals surface area (Å²) in [6, 6.07) is 0. The average Bonchev–Trinajstić information content (AvgIpc) is 2.15. The van der Waals surface area contributed by atoms with Gasteiger partial charge in [0.25, 0.3) is 0 Å². The fraction of sp³-hybridized carbons (Fsp3) is 0.889. The summed E-state index contributed by atoms with van der Waals surface area (Å²) in [5.41, 5.74) is 0. The monoisotopic (exact) mass is 205 g/mol. The summed E-state index contributed by atoms with van der Waals surface area (Å²) in [7, 11) is 0. The quantitative estimate of drug-likeness (QED) is 0.679. The second-order valence-corrected chi connectivity index (χ2v) is 3.94. The van der Waals surface area contributed by atoms with E-state index in [9.17, 15) is 9.90 Å². The largest absolute Gasteiger partial charge is 0.391 e. The molecule has 1 aliphatic heterocycles. The highest BCUT2D eigenvalue weighted by molar-refractivity contribution is 6.19. The van der Waals surface area contributed by atoms with Crippen molar-refractivity contribution in [3.63, 3.8) is 0 Å². The van der Waals surface area contributed by atoms with Crippen molar-refractivity contribution in [2.45, 2.75) is 25.9 Å². The van der Waals surface area contributed by atoms with E-state index in [0.29, 0.717) is 12.4 Å². The van der Waals surface area contributed by atoms with Gasteiger partial charge in [-0.25, -0.2) is 0 Å². The van der Waals surface area contributed by atoms with Gasteiger partial charge in [0.2, 0.25) is 5.91 Å². The van der Waals surface area contributed by atoms with E-state index in [1.807, 2.05) is 6.92 Å². The third-order valence-corrected chi connectivity index (χ3v) is 2.82. The van der Waals surface area contributed by atoms with Gasteiger partial charge in [0.05, 0.1) is 6.10 Å². The van der Waals surface area contributed by atoms with Crippen molar-refractivity contribution in [1.82, 2.24) is 4.90 Å². The minimum Gasteiger partial charge on any atom is -0.391 e. The Morgan fingerprint density at radius 2 is 2.46 bits per heavy atom. The van der Waals surface area contributed by atoms with Gasteiger partial charge in [-0.1, -0.05) is 6.92 Å². The first kappa shape index (κ1) is 10.8. The highest BCUT2D eigenvalue weighted by atomic mass is 35.5. The smallest absolute Gasteiger partial charge is 0.226 e. The first-order valence-electron chi connectivity index (χ1n) is 4.68. The number of aliphatic hydroxyl groups is 1. The lowest BCUT2D eigenvalue weighted by Gasteiger charge is -2.31. The summed E-state index contributed by atoms with van der Waals surface area (Å²) >= 11 is 5.59. The molecule has 76 valence electrons. The van der Waals surface area contributed by atoms with Crippen LogP contribution >= 0.6 is 11.6 Å². The van der Waals surface area contributed by atoms with Crippen molar-refractivity contribution in [3.05, 3.63) is 0 Å². The lowest BCUT2D eigenvalue weighted by atomic mass is 10.1. The van der Waals surface area contributed by atoms with Crippen LogP contribution in [0, 0.1) is 5.92 Å². The van der Waals surface area contributed by atoms with Crippen LogP contribution in [0.5, 0.6) is 0 Å². The van der Waals surface area contributed by atoms with E-state index in [1.54, 1.807) is 4.90 Å². The third-order valence-electron chi connectivity index (χ3n) is 2.36. The van der Waals surface area contributed by atoms with Crippen molar-refractivity contribution in [2.75, 3.05) is 19.0 Å². The maximum Gasteiger partial charge on any atom is 0.226 e. The number of carbonyl (C=O) groups is 1. The first-order valence-corrected chi connectivity index (χ1v) is 5.21. The van der Waals surface area contributed by atoms with Crippen LogP contribution in [-0.2, 0) is 4.79 Å². The maximum atomic E-state index is 11.6. The number of hydrogen-bond acceptors (Lipinski definition) is 2. The number of alkyl halides is 1. The van der Waals surface area contributed by atoms with E-state index in [4.69, 9.17) is 11.6 Å². The highest BCUT2D eigenvalue weighted by Crippen LogP contribution is 2.13. The Bertz CT molecular complexity index is 186. The molecule has 0 aromatic rings. The number of carbonyl (C=O) groups excluding carboxylic acids is 1. The number of amides is 1. The lowest BCUT2D eigenvalue weighted by molar-refractivity contribution is -0.137. The number of halogens is 1. The molecule has 0 bridgehead atoms. The Balaban J connectivity index is 2.46. The molecule has 1 aliphatic rings. The predicted octanol–water partition coefficient (Wildman–Crippen LogP) is 0.845. The molecule has 0 aromatic heterocycles. The molecule has 0 aromatic carbocycles. The van der Waals surface area contributed by atoms with Crippen molar-refractivity contribution >= 4 is 17.5 Å². The summed E-state index contributed by atoms with van der Waals surface area (Å²) < 4.78 is 0. The number of likely N-dealkylation sites (tertiary alicyclic amines) is 1. The van der Waals surface area contributed by atoms with Crippen molar-refractivity contribution in [1.29, 1.82) is 0 Å². The molecular weight excluding hydrogens is 190 g/mol. The summed E-state index contributed by atoms with van der Waals surface area (Å²) in [6.07, 6.45) is 1.35. The second kappa shape index (κ2) is 4.82. The Hall–Kier alpha value is -0.280. The first-order chi connectivity index (χ1) is 6.15. The normalized spacial score (nSPS) is 25.8. The van der Waals surface area contributed by atoms with E-state index in [-0.39, 0.29) is 17.9 Å². The molecule has 0 radical (unpaired) electrons. The van der Waals surface area contributed by atoms with Crippen LogP contribution in [0.1, 0.15) is 19.8 Å². The molecule has 4 heteroatoms. The molecule has 1 amide bonds. The number of hydrogen-bond donors (Lipinski definition) is 1. The van der Waals surface area contributed by atoms with Gasteiger partial charge in [-0.3, -0.25) is 4.79 Å². The van der Waals surface area contributed by atoms with Gasteiger partial charge in [0.15, 0.2) is 0 Å².